The van der Waals surface area contributed by atoms with Gasteiger partial charge in [0.25, 0.3) is 5.92 Å². The van der Waals surface area contributed by atoms with Gasteiger partial charge in [0.1, 0.15) is 6.10 Å². The van der Waals surface area contributed by atoms with Crippen LogP contribution < -0.4 is 0 Å². The van der Waals surface area contributed by atoms with Crippen molar-refractivity contribution >= 4 is 17.2 Å². The molecular weight excluding hydrogens is 272 g/mol. The van der Waals surface area contributed by atoms with Crippen molar-refractivity contribution in [3.63, 3.8) is 0 Å². The number of hydrogen-bond acceptors (Lipinski definition) is 3. The van der Waals surface area contributed by atoms with Crippen molar-refractivity contribution in [3.8, 4) is 0 Å². The van der Waals surface area contributed by atoms with E-state index in [2.05, 4.69) is 0 Å². The average molecular weight is 289 g/mol. The molecule has 1 amide bonds. The highest BCUT2D eigenvalue weighted by atomic mass is 32.1. The number of aliphatic hydroxyl groups excluding tert-OH is 1. The number of aryl methyl sites for hydroxylation is 2. The Bertz CT molecular complexity index is 487. The van der Waals surface area contributed by atoms with Crippen LogP contribution >= 0.6 is 11.3 Å². The highest BCUT2D eigenvalue weighted by molar-refractivity contribution is 7.12. The molecule has 0 spiro atoms. The van der Waals surface area contributed by atoms with Crippen LogP contribution in [0.25, 0.3) is 0 Å². The van der Waals surface area contributed by atoms with Crippen molar-refractivity contribution in [3.05, 3.63) is 21.4 Å². The fraction of sp³-hybridized carbons (Fsp3) is 0.615. The fourth-order valence-electron chi connectivity index (χ4n) is 2.26. The first-order chi connectivity index (χ1) is 8.79. The first-order valence-corrected chi connectivity index (χ1v) is 7.01. The minimum atomic E-state index is -3.20. The van der Waals surface area contributed by atoms with E-state index in [4.69, 9.17) is 0 Å². The molecule has 2 heterocycles. The lowest BCUT2D eigenvalue weighted by molar-refractivity contribution is -0.164. The van der Waals surface area contributed by atoms with Gasteiger partial charge in [-0.15, -0.1) is 11.3 Å². The number of rotatable bonds is 2. The van der Waals surface area contributed by atoms with Gasteiger partial charge in [-0.05, 0) is 31.9 Å². The van der Waals surface area contributed by atoms with Crippen LogP contribution in [0.1, 0.15) is 21.7 Å². The minimum Gasteiger partial charge on any atom is -0.387 e. The second kappa shape index (κ2) is 5.17. The SMILES string of the molecule is Cc1cc(C)c(CC(=O)N2CCC(O)C(F)(F)C2)s1. The monoisotopic (exact) mass is 289 g/mol. The van der Waals surface area contributed by atoms with Crippen LogP contribution in [0.3, 0.4) is 0 Å². The maximum Gasteiger partial charge on any atom is 0.290 e. The van der Waals surface area contributed by atoms with E-state index in [1.54, 1.807) is 0 Å². The lowest BCUT2D eigenvalue weighted by Gasteiger charge is -2.35. The second-order valence-electron chi connectivity index (χ2n) is 5.02. The maximum atomic E-state index is 13.4. The van der Waals surface area contributed by atoms with E-state index in [-0.39, 0.29) is 25.3 Å². The highest BCUT2D eigenvalue weighted by Crippen LogP contribution is 2.28. The standard InChI is InChI=1S/C13H17F2NO2S/c1-8-5-9(2)19-10(8)6-12(18)16-4-3-11(17)13(14,15)7-16/h5,11,17H,3-4,6-7H2,1-2H3. The van der Waals surface area contributed by atoms with Gasteiger partial charge in [-0.25, -0.2) is 8.78 Å². The zero-order chi connectivity index (χ0) is 14.2. The summed E-state index contributed by atoms with van der Waals surface area (Å²) < 4.78 is 26.8. The molecule has 106 valence electrons. The number of amides is 1. The predicted molar refractivity (Wildman–Crippen MR) is 69.6 cm³/mol. The summed E-state index contributed by atoms with van der Waals surface area (Å²) in [6.45, 7) is 3.38. The number of thiophene rings is 1. The number of likely N-dealkylation sites (tertiary alicyclic amines) is 1. The molecule has 1 atom stereocenters. The van der Waals surface area contributed by atoms with E-state index in [9.17, 15) is 18.7 Å². The van der Waals surface area contributed by atoms with E-state index in [1.165, 1.54) is 11.3 Å². The molecule has 2 rings (SSSR count). The number of aliphatic hydroxyl groups is 1. The number of hydrogen-bond donors (Lipinski definition) is 1. The van der Waals surface area contributed by atoms with Crippen molar-refractivity contribution in [2.75, 3.05) is 13.1 Å². The molecule has 1 aliphatic heterocycles. The van der Waals surface area contributed by atoms with E-state index in [1.807, 2.05) is 19.9 Å². The third-order valence-corrected chi connectivity index (χ3v) is 4.52. The van der Waals surface area contributed by atoms with Gasteiger partial charge in [0.2, 0.25) is 5.91 Å². The summed E-state index contributed by atoms with van der Waals surface area (Å²) in [5.41, 5.74) is 1.03. The summed E-state index contributed by atoms with van der Waals surface area (Å²) in [6, 6.07) is 1.99. The summed E-state index contributed by atoms with van der Waals surface area (Å²) in [5.74, 6) is -3.49. The average Bonchev–Trinajstić information content (AvgIpc) is 2.61. The first kappa shape index (κ1) is 14.4. The molecular formula is C13H17F2NO2S. The van der Waals surface area contributed by atoms with E-state index >= 15 is 0 Å². The largest absolute Gasteiger partial charge is 0.387 e. The van der Waals surface area contributed by atoms with E-state index in [0.29, 0.717) is 0 Å². The Kier molecular flexibility index (Phi) is 3.92. The Morgan fingerprint density at radius 2 is 2.26 bits per heavy atom. The van der Waals surface area contributed by atoms with Crippen molar-refractivity contribution < 1.29 is 18.7 Å². The molecule has 6 heteroatoms. The van der Waals surface area contributed by atoms with Gasteiger partial charge >= 0.3 is 0 Å². The van der Waals surface area contributed by atoms with Gasteiger partial charge in [-0.3, -0.25) is 4.79 Å². The third-order valence-electron chi connectivity index (χ3n) is 3.37. The fourth-order valence-corrected chi connectivity index (χ4v) is 3.30. The van der Waals surface area contributed by atoms with Crippen LogP contribution in [-0.4, -0.2) is 41.0 Å². The van der Waals surface area contributed by atoms with Crippen LogP contribution in [0.15, 0.2) is 6.07 Å². The van der Waals surface area contributed by atoms with Gasteiger partial charge < -0.3 is 10.0 Å². The molecule has 3 nitrogen and oxygen atoms in total. The molecule has 0 aliphatic carbocycles. The number of alkyl halides is 2. The van der Waals surface area contributed by atoms with Crippen LogP contribution in [0.4, 0.5) is 8.78 Å². The summed E-state index contributed by atoms with van der Waals surface area (Å²) >= 11 is 1.52. The molecule has 1 aromatic heterocycles. The molecule has 0 radical (unpaired) electrons. The smallest absolute Gasteiger partial charge is 0.290 e. The van der Waals surface area contributed by atoms with E-state index in [0.717, 1.165) is 20.2 Å². The number of nitrogens with zero attached hydrogens (tertiary/aromatic N) is 1. The van der Waals surface area contributed by atoms with Crippen LogP contribution in [0.2, 0.25) is 0 Å². The van der Waals surface area contributed by atoms with Crippen molar-refractivity contribution in [1.29, 1.82) is 0 Å². The summed E-state index contributed by atoms with van der Waals surface area (Å²) in [5, 5.41) is 9.19. The summed E-state index contributed by atoms with van der Waals surface area (Å²) in [7, 11) is 0. The van der Waals surface area contributed by atoms with Crippen LogP contribution in [-0.2, 0) is 11.2 Å². The Morgan fingerprint density at radius 1 is 1.58 bits per heavy atom. The Morgan fingerprint density at radius 3 is 2.79 bits per heavy atom. The van der Waals surface area contributed by atoms with Gasteiger partial charge in [-0.2, -0.15) is 0 Å². The van der Waals surface area contributed by atoms with Crippen LogP contribution in [0, 0.1) is 13.8 Å². The molecule has 1 aromatic rings. The first-order valence-electron chi connectivity index (χ1n) is 6.19. The Hall–Kier alpha value is -1.01. The van der Waals surface area contributed by atoms with Gasteiger partial charge in [-0.1, -0.05) is 0 Å². The molecule has 1 aliphatic rings. The van der Waals surface area contributed by atoms with E-state index < -0.39 is 18.6 Å². The molecule has 0 aromatic carbocycles. The van der Waals surface area contributed by atoms with Gasteiger partial charge in [0.15, 0.2) is 0 Å². The maximum absolute atomic E-state index is 13.4. The van der Waals surface area contributed by atoms with Crippen molar-refractivity contribution in [1.82, 2.24) is 4.90 Å². The number of piperidine rings is 1. The Balaban J connectivity index is 2.03. The molecule has 1 unspecified atom stereocenters. The summed E-state index contributed by atoms with van der Waals surface area (Å²) in [6.07, 6.45) is -1.54. The summed E-state index contributed by atoms with van der Waals surface area (Å²) in [4.78, 5) is 15.2. The van der Waals surface area contributed by atoms with Gasteiger partial charge in [0, 0.05) is 16.3 Å². The molecule has 1 saturated heterocycles. The number of carbonyl (C=O) groups excluding carboxylic acids is 1. The van der Waals surface area contributed by atoms with Crippen molar-refractivity contribution in [2.45, 2.75) is 38.7 Å². The molecule has 1 N–H and O–H groups in total. The lowest BCUT2D eigenvalue weighted by Crippen LogP contribution is -2.53. The Labute approximate surface area is 114 Å². The zero-order valence-electron chi connectivity index (χ0n) is 10.9. The second-order valence-corrected chi connectivity index (χ2v) is 6.36. The minimum absolute atomic E-state index is 0.0683. The van der Waals surface area contributed by atoms with Crippen molar-refractivity contribution in [2.24, 2.45) is 0 Å². The van der Waals surface area contributed by atoms with Crippen LogP contribution in [0.5, 0.6) is 0 Å². The quantitative estimate of drug-likeness (QED) is 0.906. The lowest BCUT2D eigenvalue weighted by atomic mass is 10.0. The highest BCUT2D eigenvalue weighted by Gasteiger charge is 2.44. The predicted octanol–water partition coefficient (Wildman–Crippen LogP) is 2.14. The molecule has 19 heavy (non-hydrogen) atoms. The normalized spacial score (nSPS) is 22.6. The van der Waals surface area contributed by atoms with Gasteiger partial charge in [0.05, 0.1) is 13.0 Å². The zero-order valence-corrected chi connectivity index (χ0v) is 11.8. The molecule has 0 bridgehead atoms. The topological polar surface area (TPSA) is 40.5 Å². The number of carbonyl (C=O) groups is 1. The third kappa shape index (κ3) is 3.12. The number of halogens is 2. The molecule has 1 fully saturated rings. The molecule has 0 saturated carbocycles.